The molecule has 0 atom stereocenters. The van der Waals surface area contributed by atoms with Gasteiger partial charge in [-0.2, -0.15) is 0 Å². The van der Waals surface area contributed by atoms with Gasteiger partial charge in [-0.15, -0.1) is 12.4 Å². The Labute approximate surface area is 79.8 Å². The molecule has 0 spiro atoms. The van der Waals surface area contributed by atoms with Crippen LogP contribution in [0.5, 0.6) is 0 Å². The monoisotopic (exact) mass is 186 g/mol. The van der Waals surface area contributed by atoms with Crippen molar-refractivity contribution in [3.8, 4) is 0 Å². The fraction of sp³-hybridized carbons (Fsp3) is 0.333. The molecule has 12 heavy (non-hydrogen) atoms. The molecule has 0 saturated carbocycles. The maximum absolute atomic E-state index is 5.54. The van der Waals surface area contributed by atoms with Crippen LogP contribution >= 0.6 is 12.4 Å². The molecule has 0 aliphatic carbocycles. The molecular weight excluding hydrogens is 172 g/mol. The van der Waals surface area contributed by atoms with Crippen molar-refractivity contribution in [2.75, 3.05) is 19.8 Å². The number of nitrogen functional groups attached to an aromatic ring is 1. The van der Waals surface area contributed by atoms with E-state index in [-0.39, 0.29) is 12.4 Å². The first-order chi connectivity index (χ1) is 5.18. The summed E-state index contributed by atoms with van der Waals surface area (Å²) >= 11 is 0. The lowest BCUT2D eigenvalue weighted by atomic mass is 10.2. The van der Waals surface area contributed by atoms with E-state index in [1.165, 1.54) is 5.56 Å². The Morgan fingerprint density at radius 3 is 2.08 bits per heavy atom. The molecule has 0 aliphatic rings. The van der Waals surface area contributed by atoms with Crippen LogP contribution in [0.3, 0.4) is 0 Å². The summed E-state index contributed by atoms with van der Waals surface area (Å²) in [5, 5.41) is 0. The average molecular weight is 187 g/mol. The largest absolute Gasteiger partial charge is 0.399 e. The molecular formula is C9H15ClN2. The minimum absolute atomic E-state index is 0. The third-order valence-electron chi connectivity index (χ3n) is 1.48. The van der Waals surface area contributed by atoms with E-state index in [4.69, 9.17) is 5.73 Å². The summed E-state index contributed by atoms with van der Waals surface area (Å²) in [4.78, 5) is 2.13. The smallest absolute Gasteiger partial charge is 0.0314 e. The van der Waals surface area contributed by atoms with E-state index >= 15 is 0 Å². The van der Waals surface area contributed by atoms with Crippen LogP contribution in [0.4, 0.5) is 5.69 Å². The number of benzene rings is 1. The van der Waals surface area contributed by atoms with Gasteiger partial charge in [0.15, 0.2) is 0 Å². The molecule has 0 saturated heterocycles. The van der Waals surface area contributed by atoms with Gasteiger partial charge in [-0.1, -0.05) is 12.1 Å². The van der Waals surface area contributed by atoms with Crippen molar-refractivity contribution >= 4 is 18.1 Å². The lowest BCUT2D eigenvalue weighted by Crippen LogP contribution is -2.10. The van der Waals surface area contributed by atoms with Crippen LogP contribution in [0.25, 0.3) is 0 Å². The summed E-state index contributed by atoms with van der Waals surface area (Å²) in [6.45, 7) is 0.972. The number of rotatable bonds is 2. The van der Waals surface area contributed by atoms with Crippen molar-refractivity contribution in [2.24, 2.45) is 0 Å². The second kappa shape index (κ2) is 5.01. The van der Waals surface area contributed by atoms with E-state index < -0.39 is 0 Å². The van der Waals surface area contributed by atoms with Gasteiger partial charge in [-0.25, -0.2) is 0 Å². The Morgan fingerprint density at radius 1 is 1.17 bits per heavy atom. The molecule has 1 aromatic carbocycles. The average Bonchev–Trinajstić information content (AvgIpc) is 1.93. The Hall–Kier alpha value is -0.730. The third kappa shape index (κ3) is 3.60. The predicted octanol–water partition coefficient (Wildman–Crippen LogP) is 1.75. The van der Waals surface area contributed by atoms with Crippen molar-refractivity contribution in [1.82, 2.24) is 4.90 Å². The number of halogens is 1. The van der Waals surface area contributed by atoms with Gasteiger partial charge < -0.3 is 10.6 Å². The molecule has 0 aromatic heterocycles. The summed E-state index contributed by atoms with van der Waals surface area (Å²) < 4.78 is 0. The lowest BCUT2D eigenvalue weighted by Gasteiger charge is -2.08. The Balaban J connectivity index is 0.00000121. The first-order valence-corrected chi connectivity index (χ1v) is 3.67. The van der Waals surface area contributed by atoms with E-state index in [2.05, 4.69) is 31.1 Å². The van der Waals surface area contributed by atoms with Crippen LogP contribution in [-0.2, 0) is 6.54 Å². The highest BCUT2D eigenvalue weighted by molar-refractivity contribution is 5.85. The molecule has 68 valence electrons. The fourth-order valence-electron chi connectivity index (χ4n) is 0.988. The van der Waals surface area contributed by atoms with E-state index in [1.54, 1.807) is 0 Å². The number of hydrogen-bond acceptors (Lipinski definition) is 2. The topological polar surface area (TPSA) is 29.3 Å². The summed E-state index contributed by atoms with van der Waals surface area (Å²) in [7, 11) is 4.10. The molecule has 0 amide bonds. The van der Waals surface area contributed by atoms with Gasteiger partial charge in [0.1, 0.15) is 0 Å². The van der Waals surface area contributed by atoms with E-state index in [1.807, 2.05) is 12.1 Å². The number of hydrogen-bond donors (Lipinski definition) is 1. The van der Waals surface area contributed by atoms with Crippen molar-refractivity contribution in [3.63, 3.8) is 0 Å². The molecule has 3 heteroatoms. The number of nitrogens with zero attached hydrogens (tertiary/aromatic N) is 1. The van der Waals surface area contributed by atoms with Crippen LogP contribution in [0.15, 0.2) is 24.3 Å². The van der Waals surface area contributed by atoms with Crippen LogP contribution in [0.2, 0.25) is 0 Å². The molecule has 1 rings (SSSR count). The normalized spacial score (nSPS) is 9.58. The molecule has 2 N–H and O–H groups in total. The van der Waals surface area contributed by atoms with Gasteiger partial charge in [0.2, 0.25) is 0 Å². The second-order valence-electron chi connectivity index (χ2n) is 2.98. The first-order valence-electron chi connectivity index (χ1n) is 3.67. The van der Waals surface area contributed by atoms with Crippen LogP contribution in [0, 0.1) is 0 Å². The highest BCUT2D eigenvalue weighted by atomic mass is 35.5. The van der Waals surface area contributed by atoms with Gasteiger partial charge in [-0.05, 0) is 31.8 Å². The first kappa shape index (κ1) is 11.3. The van der Waals surface area contributed by atoms with Crippen molar-refractivity contribution < 1.29 is 0 Å². The zero-order chi connectivity index (χ0) is 8.27. The van der Waals surface area contributed by atoms with Crippen molar-refractivity contribution in [2.45, 2.75) is 6.54 Å². The standard InChI is InChI=1S/C9H14N2.ClH/c1-11(2)7-8-3-5-9(10)6-4-8;/h3-6H,7,10H2,1-2H3;1H. The molecule has 0 unspecified atom stereocenters. The third-order valence-corrected chi connectivity index (χ3v) is 1.48. The quantitative estimate of drug-likeness (QED) is 0.714. The molecule has 0 heterocycles. The summed E-state index contributed by atoms with van der Waals surface area (Å²) in [5.41, 5.74) is 7.67. The van der Waals surface area contributed by atoms with Crippen LogP contribution in [-0.4, -0.2) is 19.0 Å². The summed E-state index contributed by atoms with van der Waals surface area (Å²) in [6, 6.07) is 7.96. The van der Waals surface area contributed by atoms with E-state index in [9.17, 15) is 0 Å². The SMILES string of the molecule is CN(C)Cc1ccc(N)cc1.Cl. The maximum atomic E-state index is 5.54. The molecule has 0 fully saturated rings. The minimum atomic E-state index is 0. The van der Waals surface area contributed by atoms with Gasteiger partial charge >= 0.3 is 0 Å². The van der Waals surface area contributed by atoms with E-state index in [0.29, 0.717) is 0 Å². The number of nitrogens with two attached hydrogens (primary N) is 1. The Kier molecular flexibility index (Phi) is 4.71. The van der Waals surface area contributed by atoms with Gasteiger partial charge in [0.25, 0.3) is 0 Å². The van der Waals surface area contributed by atoms with Crippen molar-refractivity contribution in [3.05, 3.63) is 29.8 Å². The van der Waals surface area contributed by atoms with Crippen molar-refractivity contribution in [1.29, 1.82) is 0 Å². The minimum Gasteiger partial charge on any atom is -0.399 e. The zero-order valence-corrected chi connectivity index (χ0v) is 8.27. The fourth-order valence-corrected chi connectivity index (χ4v) is 0.988. The van der Waals surface area contributed by atoms with Crippen LogP contribution < -0.4 is 5.73 Å². The zero-order valence-electron chi connectivity index (χ0n) is 7.45. The molecule has 1 aromatic rings. The number of anilines is 1. The highest BCUT2D eigenvalue weighted by Crippen LogP contribution is 2.06. The van der Waals surface area contributed by atoms with Gasteiger partial charge in [0.05, 0.1) is 0 Å². The van der Waals surface area contributed by atoms with E-state index in [0.717, 1.165) is 12.2 Å². The Morgan fingerprint density at radius 2 is 1.67 bits per heavy atom. The maximum Gasteiger partial charge on any atom is 0.0314 e. The van der Waals surface area contributed by atoms with Crippen LogP contribution in [0.1, 0.15) is 5.56 Å². The summed E-state index contributed by atoms with van der Waals surface area (Å²) in [6.07, 6.45) is 0. The highest BCUT2D eigenvalue weighted by Gasteiger charge is 1.92. The summed E-state index contributed by atoms with van der Waals surface area (Å²) in [5.74, 6) is 0. The lowest BCUT2D eigenvalue weighted by molar-refractivity contribution is 0.402. The molecule has 2 nitrogen and oxygen atoms in total. The molecule has 0 bridgehead atoms. The second-order valence-corrected chi connectivity index (χ2v) is 2.98. The van der Waals surface area contributed by atoms with Gasteiger partial charge in [-0.3, -0.25) is 0 Å². The molecule has 0 aliphatic heterocycles. The predicted molar refractivity (Wildman–Crippen MR) is 55.5 cm³/mol. The van der Waals surface area contributed by atoms with Gasteiger partial charge in [0, 0.05) is 12.2 Å². The Bertz CT molecular complexity index is 218. The molecule has 0 radical (unpaired) electrons.